The van der Waals surface area contributed by atoms with E-state index in [1.54, 1.807) is 23.9 Å². The zero-order chi connectivity index (χ0) is 16.7. The number of aryl methyl sites for hydroxylation is 3. The molecule has 6 heteroatoms. The molecule has 2 aromatic heterocycles. The van der Waals surface area contributed by atoms with E-state index in [1.165, 1.54) is 28.7 Å². The summed E-state index contributed by atoms with van der Waals surface area (Å²) in [6.07, 6.45) is 6.77. The molecule has 1 aliphatic rings. The van der Waals surface area contributed by atoms with Gasteiger partial charge in [0.05, 0.1) is 5.39 Å². The van der Waals surface area contributed by atoms with Gasteiger partial charge in [-0.2, -0.15) is 0 Å². The minimum atomic E-state index is 0.281. The number of rotatable bonds is 3. The van der Waals surface area contributed by atoms with Crippen LogP contribution in [0.4, 0.5) is 11.5 Å². The normalized spacial score (nSPS) is 13.9. The zero-order valence-corrected chi connectivity index (χ0v) is 15.4. The van der Waals surface area contributed by atoms with Gasteiger partial charge in [0.2, 0.25) is 0 Å². The summed E-state index contributed by atoms with van der Waals surface area (Å²) in [5.74, 6) is 1.17. The van der Waals surface area contributed by atoms with E-state index in [4.69, 9.17) is 9.97 Å². The largest absolute Gasteiger partial charge is 0.508 e. The van der Waals surface area contributed by atoms with Crippen molar-refractivity contribution in [1.29, 1.82) is 0 Å². The molecule has 0 amide bonds. The fourth-order valence-corrected chi connectivity index (χ4v) is 4.92. The van der Waals surface area contributed by atoms with Crippen LogP contribution in [0, 0.1) is 6.92 Å². The maximum absolute atomic E-state index is 9.63. The predicted molar refractivity (Wildman–Crippen MR) is 102 cm³/mol. The number of thiophene rings is 1. The molecular formula is C18H19N3OS2. The first-order valence-corrected chi connectivity index (χ1v) is 10.1. The van der Waals surface area contributed by atoms with Gasteiger partial charge in [-0.15, -0.1) is 11.3 Å². The molecule has 2 heterocycles. The van der Waals surface area contributed by atoms with Gasteiger partial charge in [-0.05, 0) is 68.2 Å². The molecule has 0 saturated carbocycles. The molecule has 0 atom stereocenters. The molecule has 0 radical (unpaired) electrons. The topological polar surface area (TPSA) is 58.0 Å². The van der Waals surface area contributed by atoms with Crippen molar-refractivity contribution in [2.24, 2.45) is 0 Å². The van der Waals surface area contributed by atoms with E-state index in [2.05, 4.69) is 5.32 Å². The average molecular weight is 358 g/mol. The van der Waals surface area contributed by atoms with Crippen molar-refractivity contribution in [2.75, 3.05) is 11.6 Å². The fourth-order valence-electron chi connectivity index (χ4n) is 3.24. The lowest BCUT2D eigenvalue weighted by Gasteiger charge is -2.14. The molecular weight excluding hydrogens is 338 g/mol. The van der Waals surface area contributed by atoms with Crippen molar-refractivity contribution in [3.8, 4) is 5.75 Å². The van der Waals surface area contributed by atoms with E-state index in [1.807, 2.05) is 30.6 Å². The lowest BCUT2D eigenvalue weighted by molar-refractivity contribution is 0.475. The van der Waals surface area contributed by atoms with Gasteiger partial charge in [0.15, 0.2) is 5.16 Å². The highest BCUT2D eigenvalue weighted by molar-refractivity contribution is 7.98. The van der Waals surface area contributed by atoms with Gasteiger partial charge in [0.25, 0.3) is 0 Å². The van der Waals surface area contributed by atoms with E-state index < -0.39 is 0 Å². The van der Waals surface area contributed by atoms with Gasteiger partial charge >= 0.3 is 0 Å². The molecule has 24 heavy (non-hydrogen) atoms. The Morgan fingerprint density at radius 3 is 2.83 bits per heavy atom. The molecule has 0 saturated heterocycles. The number of hydrogen-bond acceptors (Lipinski definition) is 6. The van der Waals surface area contributed by atoms with Crippen LogP contribution in [0.25, 0.3) is 10.2 Å². The molecule has 0 bridgehead atoms. The molecule has 2 N–H and O–H groups in total. The summed E-state index contributed by atoms with van der Waals surface area (Å²) >= 11 is 3.38. The Labute approximate surface area is 149 Å². The molecule has 1 aliphatic carbocycles. The summed E-state index contributed by atoms with van der Waals surface area (Å²) in [6, 6.07) is 5.36. The lowest BCUT2D eigenvalue weighted by atomic mass is 9.97. The molecule has 0 fully saturated rings. The van der Waals surface area contributed by atoms with Gasteiger partial charge < -0.3 is 10.4 Å². The van der Waals surface area contributed by atoms with Crippen LogP contribution in [0.15, 0.2) is 23.4 Å². The number of phenols is 1. The van der Waals surface area contributed by atoms with Gasteiger partial charge in [-0.25, -0.2) is 9.97 Å². The number of nitrogens with one attached hydrogen (secondary N) is 1. The Kier molecular flexibility index (Phi) is 4.10. The Morgan fingerprint density at radius 1 is 1.21 bits per heavy atom. The molecule has 0 unspecified atom stereocenters. The van der Waals surface area contributed by atoms with Crippen molar-refractivity contribution in [1.82, 2.24) is 9.97 Å². The molecule has 3 aromatic rings. The van der Waals surface area contributed by atoms with Crippen molar-refractivity contribution >= 4 is 44.8 Å². The standard InChI is InChI=1S/C18H19N3OS2/c1-10-9-11(22)7-8-13(10)19-16-15-12-5-3-4-6-14(12)24-17(15)21-18(20-16)23-2/h7-9,22H,3-6H2,1-2H3,(H,19,20,21). The first-order valence-electron chi connectivity index (χ1n) is 8.08. The van der Waals surface area contributed by atoms with Crippen molar-refractivity contribution in [2.45, 2.75) is 37.8 Å². The van der Waals surface area contributed by atoms with Gasteiger partial charge in [0.1, 0.15) is 16.4 Å². The quantitative estimate of drug-likeness (QED) is 0.390. The van der Waals surface area contributed by atoms with Crippen molar-refractivity contribution < 1.29 is 5.11 Å². The second-order valence-corrected chi connectivity index (χ2v) is 7.93. The second-order valence-electron chi connectivity index (χ2n) is 6.07. The van der Waals surface area contributed by atoms with Crippen LogP contribution in [0.1, 0.15) is 28.8 Å². The fraction of sp³-hybridized carbons (Fsp3) is 0.333. The third kappa shape index (κ3) is 2.74. The zero-order valence-electron chi connectivity index (χ0n) is 13.7. The molecule has 124 valence electrons. The highest BCUT2D eigenvalue weighted by atomic mass is 32.2. The van der Waals surface area contributed by atoms with Gasteiger partial charge in [-0.3, -0.25) is 0 Å². The predicted octanol–water partition coefficient (Wildman–Crippen LogP) is 5.05. The Morgan fingerprint density at radius 2 is 2.04 bits per heavy atom. The van der Waals surface area contributed by atoms with Crippen molar-refractivity contribution in [3.05, 3.63) is 34.2 Å². The first-order chi connectivity index (χ1) is 11.7. The highest BCUT2D eigenvalue weighted by Crippen LogP contribution is 2.40. The third-order valence-corrected chi connectivity index (χ3v) is 6.17. The molecule has 0 aliphatic heterocycles. The van der Waals surface area contributed by atoms with Crippen LogP contribution in [-0.2, 0) is 12.8 Å². The van der Waals surface area contributed by atoms with E-state index in [0.717, 1.165) is 39.9 Å². The van der Waals surface area contributed by atoms with E-state index in [9.17, 15) is 5.11 Å². The van der Waals surface area contributed by atoms with E-state index in [-0.39, 0.29) is 5.75 Å². The molecule has 4 rings (SSSR count). The van der Waals surface area contributed by atoms with Crippen LogP contribution in [-0.4, -0.2) is 21.3 Å². The number of aromatic hydroxyl groups is 1. The lowest BCUT2D eigenvalue weighted by Crippen LogP contribution is -2.02. The number of nitrogens with zero attached hydrogens (tertiary/aromatic N) is 2. The smallest absolute Gasteiger partial charge is 0.190 e. The molecule has 1 aromatic carbocycles. The second kappa shape index (κ2) is 6.26. The molecule has 0 spiro atoms. The summed E-state index contributed by atoms with van der Waals surface area (Å²) in [5.41, 5.74) is 3.39. The first kappa shape index (κ1) is 15.7. The maximum atomic E-state index is 9.63. The number of fused-ring (bicyclic) bond motifs is 3. The van der Waals surface area contributed by atoms with Crippen molar-refractivity contribution in [3.63, 3.8) is 0 Å². The van der Waals surface area contributed by atoms with Crippen LogP contribution >= 0.6 is 23.1 Å². The highest BCUT2D eigenvalue weighted by Gasteiger charge is 2.21. The number of aromatic nitrogens is 2. The van der Waals surface area contributed by atoms with Crippen LogP contribution in [0.5, 0.6) is 5.75 Å². The number of hydrogen-bond donors (Lipinski definition) is 2. The van der Waals surface area contributed by atoms with Crippen LogP contribution < -0.4 is 5.32 Å². The summed E-state index contributed by atoms with van der Waals surface area (Å²) in [6.45, 7) is 1.99. The third-order valence-electron chi connectivity index (χ3n) is 4.44. The van der Waals surface area contributed by atoms with Crippen LogP contribution in [0.3, 0.4) is 0 Å². The van der Waals surface area contributed by atoms with Gasteiger partial charge in [-0.1, -0.05) is 11.8 Å². The maximum Gasteiger partial charge on any atom is 0.190 e. The average Bonchev–Trinajstić information content (AvgIpc) is 2.95. The number of benzene rings is 1. The van der Waals surface area contributed by atoms with Gasteiger partial charge in [0, 0.05) is 10.6 Å². The summed E-state index contributed by atoms with van der Waals surface area (Å²) in [7, 11) is 0. The summed E-state index contributed by atoms with van der Waals surface area (Å²) < 4.78 is 0. The number of thioether (sulfide) groups is 1. The SMILES string of the molecule is CSc1nc(Nc2ccc(O)cc2C)c2c3c(sc2n1)CCCC3. The summed E-state index contributed by atoms with van der Waals surface area (Å²) in [5, 5.41) is 15.1. The number of phenolic OH excluding ortho intramolecular Hbond substituents is 1. The Hall–Kier alpha value is -1.79. The number of anilines is 2. The van der Waals surface area contributed by atoms with E-state index in [0.29, 0.717) is 0 Å². The Balaban J connectivity index is 1.87. The minimum absolute atomic E-state index is 0.281. The minimum Gasteiger partial charge on any atom is -0.508 e. The van der Waals surface area contributed by atoms with E-state index >= 15 is 0 Å². The Bertz CT molecular complexity index is 920. The van der Waals surface area contributed by atoms with Crippen LogP contribution in [0.2, 0.25) is 0 Å². The monoisotopic (exact) mass is 357 g/mol. The summed E-state index contributed by atoms with van der Waals surface area (Å²) in [4.78, 5) is 12.0. The molecule has 4 nitrogen and oxygen atoms in total.